The predicted molar refractivity (Wildman–Crippen MR) is 81.7 cm³/mol. The fraction of sp³-hybridized carbons (Fsp3) is 0.444. The van der Waals surface area contributed by atoms with E-state index >= 15 is 0 Å². The molecule has 0 amide bonds. The standard InChI is InChI=1S/C18H21NO/c1-12-9-13(2)11-15(10-12)18(20)17-16-6-4-3-5-14(16)7-8-19-17/h3-8,12-13,15H,9-11H2,1-2H3. The molecule has 2 unspecified atom stereocenters. The maximum atomic E-state index is 12.8. The fourth-order valence-electron chi connectivity index (χ4n) is 3.67. The Kier molecular flexibility index (Phi) is 3.56. The van der Waals surface area contributed by atoms with Crippen LogP contribution in [0.4, 0.5) is 0 Å². The van der Waals surface area contributed by atoms with Crippen molar-refractivity contribution >= 4 is 16.6 Å². The zero-order chi connectivity index (χ0) is 14.1. The maximum Gasteiger partial charge on any atom is 0.184 e. The van der Waals surface area contributed by atoms with Crippen molar-refractivity contribution in [1.82, 2.24) is 4.98 Å². The van der Waals surface area contributed by atoms with Crippen molar-refractivity contribution in [3.05, 3.63) is 42.2 Å². The number of rotatable bonds is 2. The molecule has 1 aliphatic carbocycles. The molecule has 2 nitrogen and oxygen atoms in total. The number of aromatic nitrogens is 1. The third kappa shape index (κ3) is 2.47. The van der Waals surface area contributed by atoms with Gasteiger partial charge in [0.2, 0.25) is 0 Å². The summed E-state index contributed by atoms with van der Waals surface area (Å²) in [4.78, 5) is 17.2. The van der Waals surface area contributed by atoms with Gasteiger partial charge < -0.3 is 0 Å². The quantitative estimate of drug-likeness (QED) is 0.750. The molecular formula is C18H21NO. The third-order valence-corrected chi connectivity index (χ3v) is 4.46. The molecule has 0 radical (unpaired) electrons. The van der Waals surface area contributed by atoms with Gasteiger partial charge in [-0.15, -0.1) is 0 Å². The minimum atomic E-state index is 0.145. The summed E-state index contributed by atoms with van der Waals surface area (Å²) >= 11 is 0. The third-order valence-electron chi connectivity index (χ3n) is 4.46. The minimum Gasteiger partial charge on any atom is -0.292 e. The summed E-state index contributed by atoms with van der Waals surface area (Å²) < 4.78 is 0. The summed E-state index contributed by atoms with van der Waals surface area (Å²) in [6, 6.07) is 10.00. The van der Waals surface area contributed by atoms with Crippen LogP contribution in [0.2, 0.25) is 0 Å². The zero-order valence-corrected chi connectivity index (χ0v) is 12.2. The molecule has 1 heterocycles. The lowest BCUT2D eigenvalue weighted by atomic mass is 9.74. The lowest BCUT2D eigenvalue weighted by molar-refractivity contribution is 0.0833. The molecular weight excluding hydrogens is 246 g/mol. The normalized spacial score (nSPS) is 26.6. The maximum absolute atomic E-state index is 12.8. The number of hydrogen-bond donors (Lipinski definition) is 0. The number of carbonyl (C=O) groups is 1. The number of carbonyl (C=O) groups excluding carboxylic acids is 1. The summed E-state index contributed by atoms with van der Waals surface area (Å²) in [7, 11) is 0. The van der Waals surface area contributed by atoms with Crippen LogP contribution in [0.5, 0.6) is 0 Å². The Labute approximate surface area is 120 Å². The Bertz CT molecular complexity index is 619. The van der Waals surface area contributed by atoms with Crippen LogP contribution >= 0.6 is 0 Å². The Morgan fingerprint density at radius 1 is 1.05 bits per heavy atom. The van der Waals surface area contributed by atoms with Crippen molar-refractivity contribution in [2.24, 2.45) is 17.8 Å². The molecule has 20 heavy (non-hydrogen) atoms. The first-order chi connectivity index (χ1) is 9.65. The summed E-state index contributed by atoms with van der Waals surface area (Å²) in [5, 5.41) is 2.09. The number of ketones is 1. The van der Waals surface area contributed by atoms with Crippen LogP contribution in [0.1, 0.15) is 43.6 Å². The molecule has 1 aromatic heterocycles. The van der Waals surface area contributed by atoms with E-state index < -0.39 is 0 Å². The van der Waals surface area contributed by atoms with Gasteiger partial charge in [-0.2, -0.15) is 0 Å². The number of benzene rings is 1. The van der Waals surface area contributed by atoms with Gasteiger partial charge in [0.25, 0.3) is 0 Å². The van der Waals surface area contributed by atoms with Crippen LogP contribution in [-0.4, -0.2) is 10.8 Å². The van der Waals surface area contributed by atoms with Gasteiger partial charge in [-0.25, -0.2) is 0 Å². The molecule has 0 bridgehead atoms. The molecule has 2 aromatic rings. The van der Waals surface area contributed by atoms with E-state index in [-0.39, 0.29) is 11.7 Å². The molecule has 2 atom stereocenters. The summed E-state index contributed by atoms with van der Waals surface area (Å²) in [5.74, 6) is 1.66. The average Bonchev–Trinajstić information content (AvgIpc) is 2.45. The van der Waals surface area contributed by atoms with Crippen molar-refractivity contribution < 1.29 is 4.79 Å². The summed E-state index contributed by atoms with van der Waals surface area (Å²) in [5.41, 5.74) is 0.661. The highest BCUT2D eigenvalue weighted by molar-refractivity contribution is 6.07. The minimum absolute atomic E-state index is 0.145. The largest absolute Gasteiger partial charge is 0.292 e. The van der Waals surface area contributed by atoms with Gasteiger partial charge >= 0.3 is 0 Å². The van der Waals surface area contributed by atoms with E-state index in [0.29, 0.717) is 17.5 Å². The van der Waals surface area contributed by atoms with E-state index in [9.17, 15) is 4.79 Å². The second kappa shape index (κ2) is 5.35. The zero-order valence-electron chi connectivity index (χ0n) is 12.2. The summed E-state index contributed by atoms with van der Waals surface area (Å²) in [6.45, 7) is 4.51. The Morgan fingerprint density at radius 3 is 2.50 bits per heavy atom. The van der Waals surface area contributed by atoms with E-state index in [1.54, 1.807) is 6.20 Å². The lowest BCUT2D eigenvalue weighted by Gasteiger charge is -2.30. The van der Waals surface area contributed by atoms with Crippen LogP contribution < -0.4 is 0 Å². The molecule has 0 aliphatic heterocycles. The number of pyridine rings is 1. The average molecular weight is 267 g/mol. The van der Waals surface area contributed by atoms with E-state index in [0.717, 1.165) is 23.6 Å². The molecule has 2 heteroatoms. The van der Waals surface area contributed by atoms with E-state index in [1.807, 2.05) is 30.3 Å². The second-order valence-corrected chi connectivity index (χ2v) is 6.36. The number of Topliss-reactive ketones (excluding diaryl/α,β-unsaturated/α-hetero) is 1. The lowest BCUT2D eigenvalue weighted by Crippen LogP contribution is -2.26. The van der Waals surface area contributed by atoms with Crippen molar-refractivity contribution in [2.45, 2.75) is 33.1 Å². The van der Waals surface area contributed by atoms with Gasteiger partial charge in [0.15, 0.2) is 5.78 Å². The topological polar surface area (TPSA) is 30.0 Å². The highest BCUT2D eigenvalue weighted by Crippen LogP contribution is 2.35. The first-order valence-electron chi connectivity index (χ1n) is 7.53. The van der Waals surface area contributed by atoms with Crippen molar-refractivity contribution in [2.75, 3.05) is 0 Å². The van der Waals surface area contributed by atoms with Crippen LogP contribution in [0.3, 0.4) is 0 Å². The Morgan fingerprint density at radius 2 is 1.75 bits per heavy atom. The first kappa shape index (κ1) is 13.3. The van der Waals surface area contributed by atoms with Gasteiger partial charge in [-0.05, 0) is 42.6 Å². The molecule has 1 aromatic carbocycles. The molecule has 0 saturated heterocycles. The molecule has 0 spiro atoms. The predicted octanol–water partition coefficient (Wildman–Crippen LogP) is 4.49. The van der Waals surface area contributed by atoms with Gasteiger partial charge in [-0.1, -0.05) is 38.1 Å². The fourth-order valence-corrected chi connectivity index (χ4v) is 3.67. The van der Waals surface area contributed by atoms with Crippen LogP contribution in [0.15, 0.2) is 36.5 Å². The number of nitrogens with zero attached hydrogens (tertiary/aromatic N) is 1. The van der Waals surface area contributed by atoms with Crippen molar-refractivity contribution in [1.29, 1.82) is 0 Å². The monoisotopic (exact) mass is 267 g/mol. The highest BCUT2D eigenvalue weighted by atomic mass is 16.1. The van der Waals surface area contributed by atoms with Crippen LogP contribution in [0, 0.1) is 17.8 Å². The van der Waals surface area contributed by atoms with Crippen molar-refractivity contribution in [3.63, 3.8) is 0 Å². The van der Waals surface area contributed by atoms with E-state index in [1.165, 1.54) is 6.42 Å². The second-order valence-electron chi connectivity index (χ2n) is 6.36. The van der Waals surface area contributed by atoms with E-state index in [2.05, 4.69) is 18.8 Å². The van der Waals surface area contributed by atoms with Gasteiger partial charge in [0.05, 0.1) is 0 Å². The molecule has 3 rings (SSSR count). The SMILES string of the molecule is CC1CC(C)CC(C(=O)c2nccc3ccccc23)C1. The molecule has 104 valence electrons. The van der Waals surface area contributed by atoms with Gasteiger partial charge in [-0.3, -0.25) is 9.78 Å². The van der Waals surface area contributed by atoms with Gasteiger partial charge in [0.1, 0.15) is 5.69 Å². The van der Waals surface area contributed by atoms with Gasteiger partial charge in [0, 0.05) is 17.5 Å². The number of hydrogen-bond acceptors (Lipinski definition) is 2. The summed E-state index contributed by atoms with van der Waals surface area (Å²) in [6.07, 6.45) is 5.01. The van der Waals surface area contributed by atoms with Crippen molar-refractivity contribution in [3.8, 4) is 0 Å². The number of fused-ring (bicyclic) bond motifs is 1. The first-order valence-corrected chi connectivity index (χ1v) is 7.53. The van der Waals surface area contributed by atoms with Crippen LogP contribution in [0.25, 0.3) is 10.8 Å². The molecule has 1 fully saturated rings. The Balaban J connectivity index is 1.96. The molecule has 0 N–H and O–H groups in total. The molecule has 1 aliphatic rings. The smallest absolute Gasteiger partial charge is 0.184 e. The molecule has 1 saturated carbocycles. The van der Waals surface area contributed by atoms with E-state index in [4.69, 9.17) is 0 Å². The highest BCUT2D eigenvalue weighted by Gasteiger charge is 2.30. The van der Waals surface area contributed by atoms with Crippen LogP contribution in [-0.2, 0) is 0 Å². The Hall–Kier alpha value is -1.70.